The lowest BCUT2D eigenvalue weighted by molar-refractivity contribution is -0.139. The molecule has 0 bridgehead atoms. The SMILES string of the molecule is Cc1nccn1CCC(=O)N1CCOC(c2cc(CCOc3cccc(Cl)c3)[nH]n2)C1. The Hall–Kier alpha value is -2.84. The molecule has 1 atom stereocenters. The Morgan fingerprint density at radius 1 is 1.39 bits per heavy atom. The van der Waals surface area contributed by atoms with Crippen LogP contribution >= 0.6 is 11.6 Å². The van der Waals surface area contributed by atoms with Crippen LogP contribution in [0.4, 0.5) is 0 Å². The van der Waals surface area contributed by atoms with E-state index >= 15 is 0 Å². The molecule has 3 aromatic rings. The molecule has 0 aliphatic carbocycles. The zero-order chi connectivity index (χ0) is 21.6. The van der Waals surface area contributed by atoms with Crippen LogP contribution in [-0.2, 0) is 22.5 Å². The number of amides is 1. The number of morpholine rings is 1. The minimum absolute atomic E-state index is 0.118. The van der Waals surface area contributed by atoms with Crippen molar-refractivity contribution in [2.24, 2.45) is 0 Å². The molecular weight excluding hydrogens is 418 g/mol. The Morgan fingerprint density at radius 2 is 2.29 bits per heavy atom. The number of carbonyl (C=O) groups is 1. The molecule has 8 nitrogen and oxygen atoms in total. The number of hydrogen-bond donors (Lipinski definition) is 1. The Labute approximate surface area is 186 Å². The van der Waals surface area contributed by atoms with Crippen molar-refractivity contribution in [3.63, 3.8) is 0 Å². The highest BCUT2D eigenvalue weighted by Gasteiger charge is 2.27. The number of nitrogens with one attached hydrogen (secondary N) is 1. The highest BCUT2D eigenvalue weighted by atomic mass is 35.5. The average molecular weight is 444 g/mol. The van der Waals surface area contributed by atoms with Gasteiger partial charge in [-0.05, 0) is 31.2 Å². The quantitative estimate of drug-likeness (QED) is 0.578. The second-order valence-corrected chi connectivity index (χ2v) is 7.93. The van der Waals surface area contributed by atoms with Gasteiger partial charge >= 0.3 is 0 Å². The number of halogens is 1. The third-order valence-electron chi connectivity index (χ3n) is 5.33. The second-order valence-electron chi connectivity index (χ2n) is 7.49. The summed E-state index contributed by atoms with van der Waals surface area (Å²) in [5.41, 5.74) is 1.76. The van der Waals surface area contributed by atoms with Gasteiger partial charge in [0, 0.05) is 49.0 Å². The monoisotopic (exact) mass is 443 g/mol. The first kappa shape index (κ1) is 21.4. The van der Waals surface area contributed by atoms with Crippen LogP contribution in [-0.4, -0.2) is 56.9 Å². The van der Waals surface area contributed by atoms with Crippen molar-refractivity contribution in [2.75, 3.05) is 26.3 Å². The number of aromatic amines is 1. The topological polar surface area (TPSA) is 85.3 Å². The molecule has 1 saturated heterocycles. The summed E-state index contributed by atoms with van der Waals surface area (Å²) < 4.78 is 13.6. The van der Waals surface area contributed by atoms with E-state index in [4.69, 9.17) is 21.1 Å². The molecular formula is C22H26ClN5O3. The van der Waals surface area contributed by atoms with E-state index < -0.39 is 0 Å². The summed E-state index contributed by atoms with van der Waals surface area (Å²) in [4.78, 5) is 18.7. The molecule has 0 radical (unpaired) electrons. The fourth-order valence-corrected chi connectivity index (χ4v) is 3.76. The average Bonchev–Trinajstić information content (AvgIpc) is 3.41. The fraction of sp³-hybridized carbons (Fsp3) is 0.409. The van der Waals surface area contributed by atoms with E-state index in [1.807, 2.05) is 46.9 Å². The van der Waals surface area contributed by atoms with E-state index in [2.05, 4.69) is 15.2 Å². The number of H-pyrrole nitrogens is 1. The molecule has 0 spiro atoms. The van der Waals surface area contributed by atoms with Crippen molar-refractivity contribution < 1.29 is 14.3 Å². The fourth-order valence-electron chi connectivity index (χ4n) is 3.58. The molecule has 9 heteroatoms. The summed E-state index contributed by atoms with van der Waals surface area (Å²) >= 11 is 5.97. The van der Waals surface area contributed by atoms with Gasteiger partial charge in [-0.2, -0.15) is 5.10 Å². The van der Waals surface area contributed by atoms with E-state index in [9.17, 15) is 4.79 Å². The maximum atomic E-state index is 12.7. The first-order valence-electron chi connectivity index (χ1n) is 10.4. The predicted octanol–water partition coefficient (Wildman–Crippen LogP) is 3.18. The van der Waals surface area contributed by atoms with Crippen molar-refractivity contribution in [3.8, 4) is 5.75 Å². The number of aryl methyl sites for hydroxylation is 2. The van der Waals surface area contributed by atoms with Gasteiger partial charge in [-0.3, -0.25) is 9.89 Å². The van der Waals surface area contributed by atoms with Crippen LogP contribution in [0.15, 0.2) is 42.7 Å². The number of imidazole rings is 1. The van der Waals surface area contributed by atoms with E-state index in [1.165, 1.54) is 0 Å². The number of nitrogens with zero attached hydrogens (tertiary/aromatic N) is 4. The van der Waals surface area contributed by atoms with Crippen molar-refractivity contribution in [3.05, 3.63) is 65.0 Å². The third kappa shape index (κ3) is 5.65. The molecule has 1 aliphatic rings. The third-order valence-corrected chi connectivity index (χ3v) is 5.56. The van der Waals surface area contributed by atoms with E-state index in [-0.39, 0.29) is 12.0 Å². The van der Waals surface area contributed by atoms with Crippen LogP contribution in [0.2, 0.25) is 5.02 Å². The molecule has 164 valence electrons. The lowest BCUT2D eigenvalue weighted by Crippen LogP contribution is -2.42. The summed E-state index contributed by atoms with van der Waals surface area (Å²) in [5, 5.41) is 8.09. The standard InChI is InChI=1S/C22H26ClN5O3/c1-16-24-7-9-27(16)8-5-22(29)28-10-12-31-21(15-28)20-14-18(25-26-20)6-11-30-19-4-2-3-17(23)13-19/h2-4,7,9,13-14,21H,5-6,8,10-12,15H2,1H3,(H,25,26). The highest BCUT2D eigenvalue weighted by molar-refractivity contribution is 6.30. The van der Waals surface area contributed by atoms with Crippen LogP contribution in [0.3, 0.4) is 0 Å². The number of rotatable bonds is 8. The Kier molecular flexibility index (Phi) is 6.89. The summed E-state index contributed by atoms with van der Waals surface area (Å²) in [6.45, 7) is 4.68. The maximum absolute atomic E-state index is 12.7. The van der Waals surface area contributed by atoms with Gasteiger partial charge < -0.3 is 18.9 Å². The van der Waals surface area contributed by atoms with Crippen molar-refractivity contribution in [1.82, 2.24) is 24.6 Å². The Morgan fingerprint density at radius 3 is 3.10 bits per heavy atom. The summed E-state index contributed by atoms with van der Waals surface area (Å²) in [7, 11) is 0. The van der Waals surface area contributed by atoms with Crippen molar-refractivity contribution >= 4 is 17.5 Å². The number of ether oxygens (including phenoxy) is 2. The van der Waals surface area contributed by atoms with Gasteiger partial charge in [-0.1, -0.05) is 17.7 Å². The second kappa shape index (κ2) is 9.98. The lowest BCUT2D eigenvalue weighted by Gasteiger charge is -2.32. The zero-order valence-electron chi connectivity index (χ0n) is 17.5. The smallest absolute Gasteiger partial charge is 0.224 e. The lowest BCUT2D eigenvalue weighted by atomic mass is 10.1. The van der Waals surface area contributed by atoms with Crippen molar-refractivity contribution in [1.29, 1.82) is 0 Å². The molecule has 1 aromatic carbocycles. The van der Waals surface area contributed by atoms with Crippen molar-refractivity contribution in [2.45, 2.75) is 32.4 Å². The molecule has 2 aromatic heterocycles. The van der Waals surface area contributed by atoms with Crippen LogP contribution in [0.1, 0.15) is 29.7 Å². The van der Waals surface area contributed by atoms with Gasteiger partial charge in [0.25, 0.3) is 0 Å². The van der Waals surface area contributed by atoms with Gasteiger partial charge in [0.1, 0.15) is 17.7 Å². The summed E-state index contributed by atoms with van der Waals surface area (Å²) in [6, 6.07) is 9.31. The molecule has 4 rings (SSSR count). The minimum Gasteiger partial charge on any atom is -0.493 e. The minimum atomic E-state index is -0.230. The van der Waals surface area contributed by atoms with Crippen LogP contribution in [0, 0.1) is 6.92 Å². The van der Waals surface area contributed by atoms with E-state index in [0.717, 1.165) is 23.0 Å². The molecule has 0 saturated carbocycles. The van der Waals surface area contributed by atoms with Crippen LogP contribution in [0.25, 0.3) is 0 Å². The van der Waals surface area contributed by atoms with Gasteiger partial charge in [0.05, 0.1) is 25.5 Å². The molecule has 31 heavy (non-hydrogen) atoms. The Bertz CT molecular complexity index is 1020. The van der Waals surface area contributed by atoms with Crippen LogP contribution < -0.4 is 4.74 Å². The molecule has 1 N–H and O–H groups in total. The highest BCUT2D eigenvalue weighted by Crippen LogP contribution is 2.22. The molecule has 1 fully saturated rings. The van der Waals surface area contributed by atoms with Gasteiger partial charge in [-0.15, -0.1) is 0 Å². The number of aromatic nitrogens is 4. The normalized spacial score (nSPS) is 16.5. The largest absolute Gasteiger partial charge is 0.493 e. The first-order chi connectivity index (χ1) is 15.1. The predicted molar refractivity (Wildman–Crippen MR) is 116 cm³/mol. The number of hydrogen-bond acceptors (Lipinski definition) is 5. The van der Waals surface area contributed by atoms with Gasteiger partial charge in [0.15, 0.2) is 0 Å². The molecule has 1 amide bonds. The van der Waals surface area contributed by atoms with Gasteiger partial charge in [-0.25, -0.2) is 4.98 Å². The first-order valence-corrected chi connectivity index (χ1v) is 10.8. The van der Waals surface area contributed by atoms with Crippen LogP contribution in [0.5, 0.6) is 5.75 Å². The number of carbonyl (C=O) groups excluding carboxylic acids is 1. The Balaban J connectivity index is 1.27. The molecule has 1 aliphatic heterocycles. The van der Waals surface area contributed by atoms with E-state index in [1.54, 1.807) is 12.3 Å². The maximum Gasteiger partial charge on any atom is 0.224 e. The zero-order valence-corrected chi connectivity index (χ0v) is 18.2. The summed E-state index contributed by atoms with van der Waals surface area (Å²) in [5.74, 6) is 1.77. The van der Waals surface area contributed by atoms with E-state index in [0.29, 0.717) is 50.7 Å². The molecule has 3 heterocycles. The molecule has 1 unspecified atom stereocenters. The summed E-state index contributed by atoms with van der Waals surface area (Å²) in [6.07, 6.45) is 4.54. The number of benzene rings is 1. The van der Waals surface area contributed by atoms with Gasteiger partial charge in [0.2, 0.25) is 5.91 Å².